The summed E-state index contributed by atoms with van der Waals surface area (Å²) < 4.78 is 11.8. The van der Waals surface area contributed by atoms with Gasteiger partial charge >= 0.3 is 0 Å². The third-order valence-electron chi connectivity index (χ3n) is 8.00. The summed E-state index contributed by atoms with van der Waals surface area (Å²) in [6.07, 6.45) is 9.54. The smallest absolute Gasteiger partial charge is 0.233 e. The fourth-order valence-electron chi connectivity index (χ4n) is 5.34. The van der Waals surface area contributed by atoms with Crippen LogP contribution < -0.4 is 15.0 Å². The zero-order chi connectivity index (χ0) is 26.6. The van der Waals surface area contributed by atoms with Crippen LogP contribution in [0.5, 0.6) is 5.88 Å². The van der Waals surface area contributed by atoms with Crippen LogP contribution in [-0.4, -0.2) is 65.7 Å². The molecule has 2 aliphatic rings. The second-order valence-corrected chi connectivity index (χ2v) is 12.5. The molecule has 0 atom stereocenters. The quantitative estimate of drug-likeness (QED) is 0.551. The molecule has 3 heterocycles. The first-order valence-corrected chi connectivity index (χ1v) is 13.9. The number of rotatable bonds is 8. The van der Waals surface area contributed by atoms with E-state index in [4.69, 9.17) is 19.4 Å². The molecule has 1 aliphatic heterocycles. The standard InChI is InChI=1S/C29H46N6O2/c1-28(2,3)24-17-26(35(6)21-8-10-22(36-7)11-9-21)33-25(32-24)18-29(4,5)20-16-27(34-31-19-20)37-23-12-14-30-15-13-23/h16-17,19,21-23,30H,8-15,18H2,1-7H3/t21-,22+. The Balaban J connectivity index is 1.55. The van der Waals surface area contributed by atoms with E-state index in [1.807, 2.05) is 19.4 Å². The Kier molecular flexibility index (Phi) is 8.69. The third kappa shape index (κ3) is 7.17. The predicted molar refractivity (Wildman–Crippen MR) is 147 cm³/mol. The van der Waals surface area contributed by atoms with Crippen LogP contribution in [0.1, 0.15) is 90.2 Å². The molecule has 2 fully saturated rings. The second kappa shape index (κ2) is 11.6. The van der Waals surface area contributed by atoms with Gasteiger partial charge in [-0.15, -0.1) is 5.10 Å². The van der Waals surface area contributed by atoms with E-state index in [1.165, 1.54) is 0 Å². The molecule has 1 aliphatic carbocycles. The predicted octanol–water partition coefficient (Wildman–Crippen LogP) is 4.61. The molecule has 8 heteroatoms. The van der Waals surface area contributed by atoms with Gasteiger partial charge in [-0.2, -0.15) is 5.10 Å². The second-order valence-electron chi connectivity index (χ2n) is 12.5. The number of ether oxygens (including phenoxy) is 2. The minimum absolute atomic E-state index is 0.0702. The summed E-state index contributed by atoms with van der Waals surface area (Å²) >= 11 is 0. The van der Waals surface area contributed by atoms with Crippen molar-refractivity contribution in [3.8, 4) is 5.88 Å². The Labute approximate surface area is 223 Å². The maximum absolute atomic E-state index is 6.18. The maximum Gasteiger partial charge on any atom is 0.233 e. The minimum atomic E-state index is -0.231. The first kappa shape index (κ1) is 27.7. The van der Waals surface area contributed by atoms with Crippen molar-refractivity contribution in [1.29, 1.82) is 0 Å². The molecule has 0 bridgehead atoms. The van der Waals surface area contributed by atoms with Gasteiger partial charge < -0.3 is 19.7 Å². The zero-order valence-electron chi connectivity index (χ0n) is 23.9. The Morgan fingerprint density at radius 1 is 0.946 bits per heavy atom. The van der Waals surface area contributed by atoms with Crippen LogP contribution in [0.25, 0.3) is 0 Å². The minimum Gasteiger partial charge on any atom is -0.473 e. The maximum atomic E-state index is 6.18. The van der Waals surface area contributed by atoms with Gasteiger partial charge in [0.05, 0.1) is 18.0 Å². The molecule has 2 aromatic rings. The summed E-state index contributed by atoms with van der Waals surface area (Å²) in [5.41, 5.74) is 1.86. The number of anilines is 1. The lowest BCUT2D eigenvalue weighted by molar-refractivity contribution is 0.0659. The van der Waals surface area contributed by atoms with Crippen molar-refractivity contribution in [2.24, 2.45) is 0 Å². The van der Waals surface area contributed by atoms with Crippen LogP contribution in [0.2, 0.25) is 0 Å². The summed E-state index contributed by atoms with van der Waals surface area (Å²) in [6, 6.07) is 4.69. The number of methoxy groups -OCH3 is 1. The van der Waals surface area contributed by atoms with Gasteiger partial charge in [0, 0.05) is 44.2 Å². The van der Waals surface area contributed by atoms with Crippen LogP contribution in [-0.2, 0) is 22.0 Å². The highest BCUT2D eigenvalue weighted by atomic mass is 16.5. The number of aromatic nitrogens is 4. The molecule has 8 nitrogen and oxygen atoms in total. The van der Waals surface area contributed by atoms with E-state index in [1.54, 1.807) is 0 Å². The molecule has 1 saturated heterocycles. The van der Waals surface area contributed by atoms with Crippen LogP contribution in [0.4, 0.5) is 5.82 Å². The highest BCUT2D eigenvalue weighted by molar-refractivity contribution is 5.42. The normalized spacial score (nSPS) is 21.6. The molecule has 1 N–H and O–H groups in total. The zero-order valence-corrected chi connectivity index (χ0v) is 23.9. The fourth-order valence-corrected chi connectivity index (χ4v) is 5.34. The SMILES string of the molecule is CO[C@H]1CC[C@@H](N(C)c2cc(C(C)(C)C)nc(CC(C)(C)c3cnnc(OC4CCNCC4)c3)n2)CC1. The number of nitrogens with zero attached hydrogens (tertiary/aromatic N) is 5. The van der Waals surface area contributed by atoms with Gasteiger partial charge in [-0.25, -0.2) is 9.97 Å². The van der Waals surface area contributed by atoms with Gasteiger partial charge in [0.1, 0.15) is 17.7 Å². The van der Waals surface area contributed by atoms with E-state index < -0.39 is 0 Å². The van der Waals surface area contributed by atoms with E-state index in [0.717, 1.165) is 74.5 Å². The average molecular weight is 511 g/mol. The van der Waals surface area contributed by atoms with Gasteiger partial charge in [0.25, 0.3) is 0 Å². The molecule has 4 rings (SSSR count). The molecular formula is C29H46N6O2. The molecule has 37 heavy (non-hydrogen) atoms. The molecule has 0 spiro atoms. The van der Waals surface area contributed by atoms with Crippen LogP contribution >= 0.6 is 0 Å². The van der Waals surface area contributed by atoms with E-state index in [0.29, 0.717) is 24.4 Å². The van der Waals surface area contributed by atoms with Crippen molar-refractivity contribution in [3.63, 3.8) is 0 Å². The highest BCUT2D eigenvalue weighted by Crippen LogP contribution is 2.32. The fraction of sp³-hybridized carbons (Fsp3) is 0.724. The van der Waals surface area contributed by atoms with Crippen molar-refractivity contribution >= 4 is 5.82 Å². The van der Waals surface area contributed by atoms with Crippen molar-refractivity contribution in [1.82, 2.24) is 25.5 Å². The molecule has 204 valence electrons. The van der Waals surface area contributed by atoms with Crippen molar-refractivity contribution in [2.45, 2.75) is 109 Å². The summed E-state index contributed by atoms with van der Waals surface area (Å²) in [6.45, 7) is 13.1. The summed E-state index contributed by atoms with van der Waals surface area (Å²) in [5.74, 6) is 2.48. The van der Waals surface area contributed by atoms with Crippen LogP contribution in [0.15, 0.2) is 18.3 Å². The molecular weight excluding hydrogens is 464 g/mol. The summed E-state index contributed by atoms with van der Waals surface area (Å²) in [7, 11) is 4.00. The Morgan fingerprint density at radius 3 is 2.30 bits per heavy atom. The van der Waals surface area contributed by atoms with Crippen LogP contribution in [0.3, 0.4) is 0 Å². The highest BCUT2D eigenvalue weighted by Gasteiger charge is 2.29. The molecule has 0 radical (unpaired) electrons. The number of nitrogens with one attached hydrogen (secondary N) is 1. The monoisotopic (exact) mass is 510 g/mol. The average Bonchev–Trinajstić information content (AvgIpc) is 2.88. The molecule has 2 aromatic heterocycles. The van der Waals surface area contributed by atoms with Gasteiger partial charge in [-0.3, -0.25) is 0 Å². The lowest BCUT2D eigenvalue weighted by Gasteiger charge is -2.35. The van der Waals surface area contributed by atoms with E-state index in [2.05, 4.69) is 68.1 Å². The molecule has 0 amide bonds. The third-order valence-corrected chi connectivity index (χ3v) is 8.00. The lowest BCUT2D eigenvalue weighted by atomic mass is 9.82. The molecule has 0 aromatic carbocycles. The van der Waals surface area contributed by atoms with Gasteiger partial charge in [-0.05, 0) is 62.6 Å². The van der Waals surface area contributed by atoms with Crippen molar-refractivity contribution < 1.29 is 9.47 Å². The molecule has 1 saturated carbocycles. The first-order chi connectivity index (χ1) is 17.5. The van der Waals surface area contributed by atoms with Gasteiger partial charge in [-0.1, -0.05) is 34.6 Å². The number of hydrogen-bond donors (Lipinski definition) is 1. The first-order valence-electron chi connectivity index (χ1n) is 13.9. The van der Waals surface area contributed by atoms with Gasteiger partial charge in [0.2, 0.25) is 5.88 Å². The van der Waals surface area contributed by atoms with E-state index in [9.17, 15) is 0 Å². The van der Waals surface area contributed by atoms with Crippen molar-refractivity contribution in [3.05, 3.63) is 35.4 Å². The topological polar surface area (TPSA) is 85.3 Å². The molecule has 0 unspecified atom stereocenters. The Hall–Kier alpha value is -2.32. The summed E-state index contributed by atoms with van der Waals surface area (Å²) in [4.78, 5) is 12.5. The largest absolute Gasteiger partial charge is 0.473 e. The lowest BCUT2D eigenvalue weighted by Crippen LogP contribution is -2.38. The van der Waals surface area contributed by atoms with Crippen molar-refractivity contribution in [2.75, 3.05) is 32.1 Å². The number of piperidine rings is 1. The number of hydrogen-bond acceptors (Lipinski definition) is 8. The Bertz CT molecular complexity index is 1020. The van der Waals surface area contributed by atoms with E-state index >= 15 is 0 Å². The summed E-state index contributed by atoms with van der Waals surface area (Å²) in [5, 5.41) is 11.9. The Morgan fingerprint density at radius 2 is 1.65 bits per heavy atom. The van der Waals surface area contributed by atoms with Crippen LogP contribution in [0, 0.1) is 0 Å². The van der Waals surface area contributed by atoms with Gasteiger partial charge in [0.15, 0.2) is 0 Å². The van der Waals surface area contributed by atoms with E-state index in [-0.39, 0.29) is 16.9 Å².